The van der Waals surface area contributed by atoms with E-state index in [0.717, 1.165) is 39.3 Å². The molecule has 1 aliphatic rings. The van der Waals surface area contributed by atoms with E-state index in [9.17, 15) is 13.2 Å². The van der Waals surface area contributed by atoms with E-state index >= 15 is 0 Å². The molecule has 0 bridgehead atoms. The van der Waals surface area contributed by atoms with Crippen LogP contribution in [0.4, 0.5) is 0 Å². The van der Waals surface area contributed by atoms with E-state index in [2.05, 4.69) is 5.32 Å². The monoisotopic (exact) mass is 389 g/mol. The van der Waals surface area contributed by atoms with Crippen LogP contribution in [0.15, 0.2) is 24.3 Å². The molecule has 1 aromatic carbocycles. The molecule has 1 amide bonds. The Kier molecular flexibility index (Phi) is 8.15. The Hall–Kier alpha value is -1.15. The number of ether oxygens (including phenoxy) is 1. The first-order valence-corrected chi connectivity index (χ1v) is 10.8. The molecule has 0 unspecified atom stereocenters. The first kappa shape index (κ1) is 20.2. The molecule has 0 spiro atoms. The lowest BCUT2D eigenvalue weighted by molar-refractivity contribution is -0.908. The normalized spacial score (nSPS) is 15.9. The van der Waals surface area contributed by atoms with E-state index < -0.39 is 9.84 Å². The molecule has 0 radical (unpaired) electrons. The van der Waals surface area contributed by atoms with Gasteiger partial charge in [-0.25, -0.2) is 8.42 Å². The van der Waals surface area contributed by atoms with Crippen LogP contribution in [-0.2, 0) is 25.1 Å². The summed E-state index contributed by atoms with van der Waals surface area (Å²) in [5, 5.41) is 3.37. The molecule has 1 fully saturated rings. The highest BCUT2D eigenvalue weighted by Crippen LogP contribution is 2.12. The summed E-state index contributed by atoms with van der Waals surface area (Å²) in [5.74, 6) is -0.426. The summed E-state index contributed by atoms with van der Waals surface area (Å²) >= 11 is 5.79. The van der Waals surface area contributed by atoms with Crippen molar-refractivity contribution < 1.29 is 22.8 Å². The standard InChI is InChI=1S/C17H25ClN2O4S/c18-16-4-2-15(3-5-16)14-25(22,23)13-6-17(21)19-7-1-8-20-9-11-24-12-10-20/h2-5H,1,6-14H2,(H,19,21)/p+1. The van der Waals surface area contributed by atoms with Gasteiger partial charge in [-0.2, -0.15) is 0 Å². The van der Waals surface area contributed by atoms with Gasteiger partial charge >= 0.3 is 0 Å². The Balaban J connectivity index is 1.62. The molecule has 1 aliphatic heterocycles. The van der Waals surface area contributed by atoms with Crippen molar-refractivity contribution in [2.75, 3.05) is 45.1 Å². The fourth-order valence-electron chi connectivity index (χ4n) is 2.72. The fraction of sp³-hybridized carbons (Fsp3) is 0.588. The Bertz CT molecular complexity index is 643. The van der Waals surface area contributed by atoms with Crippen molar-refractivity contribution >= 4 is 27.3 Å². The van der Waals surface area contributed by atoms with Crippen molar-refractivity contribution in [3.05, 3.63) is 34.9 Å². The minimum Gasteiger partial charge on any atom is -0.370 e. The molecule has 2 N–H and O–H groups in total. The summed E-state index contributed by atoms with van der Waals surface area (Å²) in [6.07, 6.45) is 0.888. The van der Waals surface area contributed by atoms with Gasteiger partial charge in [-0.05, 0) is 17.7 Å². The number of rotatable bonds is 9. The van der Waals surface area contributed by atoms with Gasteiger partial charge in [-0.15, -0.1) is 0 Å². The Morgan fingerprint density at radius 1 is 1.20 bits per heavy atom. The lowest BCUT2D eigenvalue weighted by Gasteiger charge is -2.23. The zero-order valence-corrected chi connectivity index (χ0v) is 15.9. The maximum Gasteiger partial charge on any atom is 0.221 e. The van der Waals surface area contributed by atoms with Crippen LogP contribution in [-0.4, -0.2) is 59.5 Å². The molecule has 0 saturated carbocycles. The van der Waals surface area contributed by atoms with Crippen molar-refractivity contribution in [3.63, 3.8) is 0 Å². The van der Waals surface area contributed by atoms with Gasteiger partial charge in [0.1, 0.15) is 13.1 Å². The van der Waals surface area contributed by atoms with Crippen LogP contribution in [0, 0.1) is 0 Å². The van der Waals surface area contributed by atoms with Crippen LogP contribution in [0.5, 0.6) is 0 Å². The zero-order chi connectivity index (χ0) is 18.1. The molecule has 8 heteroatoms. The molecule has 1 heterocycles. The first-order valence-electron chi connectivity index (χ1n) is 8.57. The Morgan fingerprint density at radius 3 is 2.56 bits per heavy atom. The average Bonchev–Trinajstić information content (AvgIpc) is 2.60. The SMILES string of the molecule is O=C(CCS(=O)(=O)Cc1ccc(Cl)cc1)NCCC[NH+]1CCOCC1. The molecule has 2 rings (SSSR count). The van der Waals surface area contributed by atoms with Gasteiger partial charge in [0.05, 0.1) is 31.3 Å². The van der Waals surface area contributed by atoms with Gasteiger partial charge < -0.3 is 15.0 Å². The molecule has 1 aromatic rings. The van der Waals surface area contributed by atoms with Crippen molar-refractivity contribution in [3.8, 4) is 0 Å². The van der Waals surface area contributed by atoms with E-state index in [1.165, 1.54) is 4.90 Å². The third-order valence-corrected chi connectivity index (χ3v) is 6.02. The van der Waals surface area contributed by atoms with Crippen molar-refractivity contribution in [2.45, 2.75) is 18.6 Å². The quantitative estimate of drug-likeness (QED) is 0.586. The first-order chi connectivity index (χ1) is 11.9. The van der Waals surface area contributed by atoms with Gasteiger partial charge in [-0.3, -0.25) is 4.79 Å². The van der Waals surface area contributed by atoms with Crippen LogP contribution >= 0.6 is 11.6 Å². The summed E-state index contributed by atoms with van der Waals surface area (Å²) < 4.78 is 29.5. The smallest absolute Gasteiger partial charge is 0.221 e. The maximum absolute atomic E-state index is 12.1. The lowest BCUT2D eigenvalue weighted by Crippen LogP contribution is -3.14. The lowest BCUT2D eigenvalue weighted by atomic mass is 10.2. The number of amides is 1. The summed E-state index contributed by atoms with van der Waals surface area (Å²) in [6.45, 7) is 5.20. The second kappa shape index (κ2) is 10.1. The van der Waals surface area contributed by atoms with E-state index in [1.807, 2.05) is 0 Å². The highest BCUT2D eigenvalue weighted by Gasteiger charge is 2.15. The van der Waals surface area contributed by atoms with Gasteiger partial charge in [0.2, 0.25) is 5.91 Å². The number of hydrogen-bond donors (Lipinski definition) is 2. The van der Waals surface area contributed by atoms with E-state index in [1.54, 1.807) is 24.3 Å². The molecule has 0 aliphatic carbocycles. The van der Waals surface area contributed by atoms with Crippen LogP contribution in [0.2, 0.25) is 5.02 Å². The Labute approximate surface area is 154 Å². The molecule has 0 atom stereocenters. The van der Waals surface area contributed by atoms with Crippen LogP contribution < -0.4 is 10.2 Å². The number of nitrogens with one attached hydrogen (secondary N) is 2. The number of sulfone groups is 1. The predicted octanol–water partition coefficient (Wildman–Crippen LogP) is 0.0663. The van der Waals surface area contributed by atoms with Crippen LogP contribution in [0.25, 0.3) is 0 Å². The van der Waals surface area contributed by atoms with Crippen molar-refractivity contribution in [2.24, 2.45) is 0 Å². The largest absolute Gasteiger partial charge is 0.370 e. The van der Waals surface area contributed by atoms with Crippen LogP contribution in [0.3, 0.4) is 0 Å². The van der Waals surface area contributed by atoms with Gasteiger partial charge in [0, 0.05) is 24.4 Å². The predicted molar refractivity (Wildman–Crippen MR) is 97.6 cm³/mol. The number of hydrogen-bond acceptors (Lipinski definition) is 4. The molecular formula is C17H26ClN2O4S+. The number of benzene rings is 1. The number of carbonyl (C=O) groups excluding carboxylic acids is 1. The topological polar surface area (TPSA) is 76.9 Å². The third kappa shape index (κ3) is 8.18. The van der Waals surface area contributed by atoms with E-state index in [4.69, 9.17) is 16.3 Å². The molecule has 140 valence electrons. The highest BCUT2D eigenvalue weighted by molar-refractivity contribution is 7.90. The van der Waals surface area contributed by atoms with Crippen molar-refractivity contribution in [1.29, 1.82) is 0 Å². The Morgan fingerprint density at radius 2 is 1.88 bits per heavy atom. The molecule has 1 saturated heterocycles. The second-order valence-electron chi connectivity index (χ2n) is 6.28. The van der Waals surface area contributed by atoms with Gasteiger partial charge in [0.15, 0.2) is 9.84 Å². The van der Waals surface area contributed by atoms with E-state index in [-0.39, 0.29) is 23.8 Å². The summed E-state index contributed by atoms with van der Waals surface area (Å²) in [7, 11) is -3.31. The van der Waals surface area contributed by atoms with Gasteiger partial charge in [0.25, 0.3) is 0 Å². The van der Waals surface area contributed by atoms with Crippen LogP contribution in [0.1, 0.15) is 18.4 Å². The summed E-state index contributed by atoms with van der Waals surface area (Å²) in [4.78, 5) is 13.3. The van der Waals surface area contributed by atoms with Crippen molar-refractivity contribution in [1.82, 2.24) is 5.32 Å². The van der Waals surface area contributed by atoms with Gasteiger partial charge in [-0.1, -0.05) is 23.7 Å². The average molecular weight is 390 g/mol. The zero-order valence-electron chi connectivity index (χ0n) is 14.3. The number of carbonyl (C=O) groups is 1. The molecular weight excluding hydrogens is 364 g/mol. The summed E-state index contributed by atoms with van der Waals surface area (Å²) in [6, 6.07) is 6.70. The number of morpholine rings is 1. The fourth-order valence-corrected chi connectivity index (χ4v) is 4.19. The highest BCUT2D eigenvalue weighted by atomic mass is 35.5. The minimum atomic E-state index is -3.31. The maximum atomic E-state index is 12.1. The number of quaternary nitrogens is 1. The molecule has 25 heavy (non-hydrogen) atoms. The van der Waals surface area contributed by atoms with E-state index in [0.29, 0.717) is 17.1 Å². The number of halogens is 1. The summed E-state index contributed by atoms with van der Waals surface area (Å²) in [5.41, 5.74) is 0.679. The third-order valence-electron chi connectivity index (χ3n) is 4.17. The minimum absolute atomic E-state index is 0.000332. The molecule has 0 aromatic heterocycles. The second-order valence-corrected chi connectivity index (χ2v) is 8.90. The molecule has 6 nitrogen and oxygen atoms in total.